The number of hydrogen-bond acceptors (Lipinski definition) is 3. The molecule has 0 radical (unpaired) electrons. The molecular formula is C14H21Cl2N3. The molecule has 0 amide bonds. The number of pyridine rings is 1. The molecule has 0 aliphatic carbocycles. The van der Waals surface area contributed by atoms with Gasteiger partial charge in [-0.1, -0.05) is 29.6 Å². The second-order valence-corrected chi connectivity index (χ2v) is 6.17. The van der Waals surface area contributed by atoms with Gasteiger partial charge in [-0.15, -0.1) is 0 Å². The number of nitrogens with zero attached hydrogens (tertiary/aromatic N) is 2. The first-order valence-electron chi connectivity index (χ1n) is 6.80. The van der Waals surface area contributed by atoms with Crippen molar-refractivity contribution < 1.29 is 0 Å². The summed E-state index contributed by atoms with van der Waals surface area (Å²) in [7, 11) is 0. The van der Waals surface area contributed by atoms with Gasteiger partial charge < -0.3 is 5.73 Å². The summed E-state index contributed by atoms with van der Waals surface area (Å²) in [5, 5.41) is 1.21. The smallest absolute Gasteiger partial charge is 0.135 e. The highest BCUT2D eigenvalue weighted by Gasteiger charge is 2.26. The molecule has 2 N–H and O–H groups in total. The standard InChI is InChI=1S/C14H21Cl2N3/c1-9-7-12(15)11(14(16)18-9)8-19-6-4-3-5-13(19)10(2)17/h7,10,13H,3-6,8,17H2,1-2H3. The van der Waals surface area contributed by atoms with Crippen LogP contribution in [0.15, 0.2) is 6.07 Å². The van der Waals surface area contributed by atoms with E-state index in [-0.39, 0.29) is 6.04 Å². The number of piperidine rings is 1. The lowest BCUT2D eigenvalue weighted by Crippen LogP contribution is -2.48. The Morgan fingerprint density at radius 3 is 2.84 bits per heavy atom. The summed E-state index contributed by atoms with van der Waals surface area (Å²) < 4.78 is 0. The Balaban J connectivity index is 2.19. The predicted octanol–water partition coefficient (Wildman–Crippen LogP) is 3.40. The molecule has 1 aromatic heterocycles. The summed E-state index contributed by atoms with van der Waals surface area (Å²) in [4.78, 5) is 6.68. The SMILES string of the molecule is Cc1cc(Cl)c(CN2CCCCC2C(C)N)c(Cl)n1. The lowest BCUT2D eigenvalue weighted by Gasteiger charge is -2.38. The van der Waals surface area contributed by atoms with Gasteiger partial charge in [-0.05, 0) is 39.3 Å². The third-order valence-corrected chi connectivity index (χ3v) is 4.43. The van der Waals surface area contributed by atoms with Crippen LogP contribution in [-0.4, -0.2) is 28.5 Å². The first-order chi connectivity index (χ1) is 8.99. The van der Waals surface area contributed by atoms with E-state index in [1.807, 2.05) is 13.0 Å². The zero-order valence-corrected chi connectivity index (χ0v) is 13.0. The molecule has 2 unspecified atom stereocenters. The molecule has 106 valence electrons. The van der Waals surface area contributed by atoms with Crippen molar-refractivity contribution in [1.82, 2.24) is 9.88 Å². The Morgan fingerprint density at radius 2 is 2.21 bits per heavy atom. The number of aromatic nitrogens is 1. The number of likely N-dealkylation sites (tertiary alicyclic amines) is 1. The first kappa shape index (κ1) is 15.0. The van der Waals surface area contributed by atoms with Gasteiger partial charge in [0.2, 0.25) is 0 Å². The summed E-state index contributed by atoms with van der Waals surface area (Å²) in [5.74, 6) is 0. The molecule has 1 aliphatic heterocycles. The second-order valence-electron chi connectivity index (χ2n) is 5.41. The number of aryl methyl sites for hydroxylation is 1. The van der Waals surface area contributed by atoms with Crippen molar-refractivity contribution in [2.24, 2.45) is 5.73 Å². The van der Waals surface area contributed by atoms with E-state index in [4.69, 9.17) is 28.9 Å². The fourth-order valence-corrected chi connectivity index (χ4v) is 3.43. The van der Waals surface area contributed by atoms with Crippen molar-refractivity contribution in [3.8, 4) is 0 Å². The van der Waals surface area contributed by atoms with E-state index in [1.54, 1.807) is 0 Å². The van der Waals surface area contributed by atoms with Crippen molar-refractivity contribution >= 4 is 23.2 Å². The fourth-order valence-electron chi connectivity index (χ4n) is 2.78. The highest BCUT2D eigenvalue weighted by Crippen LogP contribution is 2.28. The molecule has 0 spiro atoms. The average molecular weight is 302 g/mol. The maximum atomic E-state index is 6.30. The highest BCUT2D eigenvalue weighted by atomic mass is 35.5. The van der Waals surface area contributed by atoms with Gasteiger partial charge in [-0.3, -0.25) is 4.90 Å². The van der Waals surface area contributed by atoms with E-state index in [1.165, 1.54) is 12.8 Å². The van der Waals surface area contributed by atoms with Crippen molar-refractivity contribution in [2.75, 3.05) is 6.54 Å². The molecule has 0 bridgehead atoms. The number of halogens is 2. The van der Waals surface area contributed by atoms with Crippen LogP contribution in [0.3, 0.4) is 0 Å². The van der Waals surface area contributed by atoms with Crippen LogP contribution in [0.2, 0.25) is 10.2 Å². The summed E-state index contributed by atoms with van der Waals surface area (Å²) in [6.45, 7) is 5.75. The Hall–Kier alpha value is -0.350. The van der Waals surface area contributed by atoms with Crippen LogP contribution in [0.1, 0.15) is 37.4 Å². The predicted molar refractivity (Wildman–Crippen MR) is 80.7 cm³/mol. The lowest BCUT2D eigenvalue weighted by molar-refractivity contribution is 0.123. The molecule has 3 nitrogen and oxygen atoms in total. The normalized spacial score (nSPS) is 22.5. The molecule has 19 heavy (non-hydrogen) atoms. The van der Waals surface area contributed by atoms with Crippen LogP contribution < -0.4 is 5.73 Å². The van der Waals surface area contributed by atoms with E-state index < -0.39 is 0 Å². The van der Waals surface area contributed by atoms with E-state index >= 15 is 0 Å². The minimum atomic E-state index is 0.163. The topological polar surface area (TPSA) is 42.1 Å². The zero-order valence-electron chi connectivity index (χ0n) is 11.5. The van der Waals surface area contributed by atoms with Gasteiger partial charge in [0.25, 0.3) is 0 Å². The summed E-state index contributed by atoms with van der Waals surface area (Å²) in [6.07, 6.45) is 3.60. The van der Waals surface area contributed by atoms with E-state index in [0.717, 1.165) is 30.8 Å². The van der Waals surface area contributed by atoms with Gasteiger partial charge in [-0.25, -0.2) is 4.98 Å². The minimum absolute atomic E-state index is 0.163. The Bertz CT molecular complexity index is 425. The van der Waals surface area contributed by atoms with Crippen molar-refractivity contribution in [2.45, 2.75) is 51.7 Å². The molecule has 1 fully saturated rings. The van der Waals surface area contributed by atoms with Crippen LogP contribution in [0, 0.1) is 6.92 Å². The Labute approximate surface area is 125 Å². The third-order valence-electron chi connectivity index (χ3n) is 3.78. The average Bonchev–Trinajstić information content (AvgIpc) is 2.34. The molecule has 1 saturated heterocycles. The van der Waals surface area contributed by atoms with Crippen LogP contribution >= 0.6 is 23.2 Å². The molecule has 5 heteroatoms. The summed E-state index contributed by atoms with van der Waals surface area (Å²) in [5.41, 5.74) is 7.85. The van der Waals surface area contributed by atoms with Crippen molar-refractivity contribution in [1.29, 1.82) is 0 Å². The van der Waals surface area contributed by atoms with Gasteiger partial charge >= 0.3 is 0 Å². The highest BCUT2D eigenvalue weighted by molar-refractivity contribution is 6.35. The monoisotopic (exact) mass is 301 g/mol. The largest absolute Gasteiger partial charge is 0.327 e. The molecule has 1 aliphatic rings. The van der Waals surface area contributed by atoms with Gasteiger partial charge in [0.1, 0.15) is 5.15 Å². The first-order valence-corrected chi connectivity index (χ1v) is 7.55. The van der Waals surface area contributed by atoms with E-state index in [2.05, 4.69) is 16.8 Å². The molecular weight excluding hydrogens is 281 g/mol. The summed E-state index contributed by atoms with van der Waals surface area (Å²) in [6, 6.07) is 2.44. The fraction of sp³-hybridized carbons (Fsp3) is 0.643. The third kappa shape index (κ3) is 3.60. The van der Waals surface area contributed by atoms with Crippen LogP contribution in [0.4, 0.5) is 0 Å². The molecule has 0 saturated carbocycles. The second kappa shape index (κ2) is 6.40. The summed E-state index contributed by atoms with van der Waals surface area (Å²) >= 11 is 12.5. The van der Waals surface area contributed by atoms with Crippen LogP contribution in [0.5, 0.6) is 0 Å². The van der Waals surface area contributed by atoms with Crippen LogP contribution in [0.25, 0.3) is 0 Å². The molecule has 2 rings (SSSR count). The zero-order chi connectivity index (χ0) is 14.0. The number of nitrogens with two attached hydrogens (primary N) is 1. The van der Waals surface area contributed by atoms with E-state index in [0.29, 0.717) is 16.2 Å². The van der Waals surface area contributed by atoms with E-state index in [9.17, 15) is 0 Å². The quantitative estimate of drug-likeness (QED) is 0.870. The van der Waals surface area contributed by atoms with Gasteiger partial charge in [0.05, 0.1) is 0 Å². The number of hydrogen-bond donors (Lipinski definition) is 1. The Morgan fingerprint density at radius 1 is 1.47 bits per heavy atom. The molecule has 2 atom stereocenters. The number of rotatable bonds is 3. The van der Waals surface area contributed by atoms with Gasteiger partial charge in [0, 0.05) is 34.9 Å². The van der Waals surface area contributed by atoms with Gasteiger partial charge in [-0.2, -0.15) is 0 Å². The maximum absolute atomic E-state index is 6.30. The molecule has 1 aromatic rings. The van der Waals surface area contributed by atoms with Crippen LogP contribution in [-0.2, 0) is 6.54 Å². The van der Waals surface area contributed by atoms with Gasteiger partial charge in [0.15, 0.2) is 0 Å². The maximum Gasteiger partial charge on any atom is 0.135 e. The molecule has 0 aromatic carbocycles. The lowest BCUT2D eigenvalue weighted by atomic mass is 9.96. The Kier molecular flexibility index (Phi) is 5.07. The molecule has 2 heterocycles. The van der Waals surface area contributed by atoms with Crippen molar-refractivity contribution in [3.05, 3.63) is 27.5 Å². The van der Waals surface area contributed by atoms with Crippen molar-refractivity contribution in [3.63, 3.8) is 0 Å². The minimum Gasteiger partial charge on any atom is -0.327 e.